The van der Waals surface area contributed by atoms with Crippen LogP contribution < -0.4 is 11.1 Å². The van der Waals surface area contributed by atoms with Crippen LogP contribution in [0.25, 0.3) is 21.1 Å². The van der Waals surface area contributed by atoms with Gasteiger partial charge in [0.2, 0.25) is 0 Å². The fraction of sp³-hybridized carbons (Fsp3) is 0.516. The molecule has 0 atom stereocenters. The molecule has 0 radical (unpaired) electrons. The first kappa shape index (κ1) is 27.6. The van der Waals surface area contributed by atoms with Crippen molar-refractivity contribution in [2.45, 2.75) is 82.7 Å². The van der Waals surface area contributed by atoms with E-state index in [1.807, 2.05) is 6.07 Å². The number of hydrogen-bond donors (Lipinski definition) is 2. The molecular weight excluding hydrogens is 559 g/mol. The molecule has 2 bridgehead atoms. The number of fused-ring (bicyclic) bond motifs is 2. The Morgan fingerprint density at radius 3 is 2.60 bits per heavy atom. The predicted molar refractivity (Wildman–Crippen MR) is 158 cm³/mol. The van der Waals surface area contributed by atoms with Gasteiger partial charge in [-0.05, 0) is 80.2 Å². The number of benzene rings is 1. The van der Waals surface area contributed by atoms with Crippen LogP contribution in [0.4, 0.5) is 19.0 Å². The van der Waals surface area contributed by atoms with Crippen molar-refractivity contribution in [3.05, 3.63) is 52.3 Å². The van der Waals surface area contributed by atoms with Crippen molar-refractivity contribution < 1.29 is 13.2 Å². The highest BCUT2D eigenvalue weighted by Crippen LogP contribution is 2.67. The maximum Gasteiger partial charge on any atom is 0.393 e. The molecule has 7 nitrogen and oxygen atoms in total. The summed E-state index contributed by atoms with van der Waals surface area (Å²) >= 11 is 1.07. The number of nitrogens with one attached hydrogen (secondary N) is 1. The second-order valence-corrected chi connectivity index (χ2v) is 14.0. The number of nitriles is 1. The van der Waals surface area contributed by atoms with Crippen LogP contribution in [0, 0.1) is 23.7 Å². The summed E-state index contributed by atoms with van der Waals surface area (Å²) in [6, 6.07) is 10.6. The molecule has 1 saturated heterocycles. The van der Waals surface area contributed by atoms with E-state index in [4.69, 9.17) is 5.73 Å². The molecule has 3 aliphatic carbocycles. The minimum absolute atomic E-state index is 0.100. The molecule has 4 aromatic rings. The van der Waals surface area contributed by atoms with E-state index in [-0.39, 0.29) is 16.5 Å². The van der Waals surface area contributed by atoms with Gasteiger partial charge in [-0.3, -0.25) is 4.90 Å². The minimum atomic E-state index is -4.25. The zero-order valence-electron chi connectivity index (χ0n) is 23.6. The SMILES string of the molecule is Cc1c(CN2CCC(Nc3ncnc4sc(CC(F)(F)F)cc34)CC2)ccc2c1cc(C#N)n2CCC12CC(N)(C1)C2. The monoisotopic (exact) mass is 593 g/mol. The fourth-order valence-corrected chi connectivity index (χ4v) is 8.73. The summed E-state index contributed by atoms with van der Waals surface area (Å²) in [5.41, 5.74) is 11.1. The van der Waals surface area contributed by atoms with Gasteiger partial charge in [0.15, 0.2) is 0 Å². The highest BCUT2D eigenvalue weighted by molar-refractivity contribution is 7.18. The number of alkyl halides is 3. The third-order valence-corrected chi connectivity index (χ3v) is 10.7. The van der Waals surface area contributed by atoms with Crippen LogP contribution in [0.1, 0.15) is 60.2 Å². The lowest BCUT2D eigenvalue weighted by Gasteiger charge is -2.69. The second-order valence-electron chi connectivity index (χ2n) is 12.9. The van der Waals surface area contributed by atoms with Gasteiger partial charge in [-0.25, -0.2) is 9.97 Å². The van der Waals surface area contributed by atoms with Crippen LogP contribution in [-0.2, 0) is 19.5 Å². The number of aromatic nitrogens is 3. The minimum Gasteiger partial charge on any atom is -0.367 e. The zero-order valence-corrected chi connectivity index (χ0v) is 24.4. The maximum absolute atomic E-state index is 12.9. The standard InChI is InChI=1S/C31H34F3N7S/c1-19-20(2-3-26-24(19)10-22(13-35)41(26)9-6-29-15-30(36,16-29)17-29)14-40-7-4-21(5-8-40)39-27-25-11-23(12-31(32,33)34)42-28(25)38-18-37-27/h2-3,10-11,18,21H,4-9,12,14-17,36H2,1H3,(H,37,38,39). The summed E-state index contributed by atoms with van der Waals surface area (Å²) in [6.45, 7) is 5.66. The van der Waals surface area contributed by atoms with Gasteiger partial charge in [-0.2, -0.15) is 18.4 Å². The first-order valence-electron chi connectivity index (χ1n) is 14.6. The Morgan fingerprint density at radius 1 is 1.14 bits per heavy atom. The summed E-state index contributed by atoms with van der Waals surface area (Å²) in [5, 5.41) is 15.2. The molecule has 11 heteroatoms. The number of likely N-dealkylation sites (tertiary alicyclic amines) is 1. The van der Waals surface area contributed by atoms with Gasteiger partial charge in [0.1, 0.15) is 28.7 Å². The third kappa shape index (κ3) is 5.03. The van der Waals surface area contributed by atoms with E-state index in [2.05, 4.69) is 49.9 Å². The van der Waals surface area contributed by atoms with Crippen LogP contribution in [0.2, 0.25) is 0 Å². The molecule has 4 heterocycles. The number of rotatable bonds is 8. The van der Waals surface area contributed by atoms with Crippen LogP contribution in [0.5, 0.6) is 0 Å². The van der Waals surface area contributed by atoms with E-state index in [1.54, 1.807) is 6.07 Å². The predicted octanol–water partition coefficient (Wildman–Crippen LogP) is 6.28. The number of thiophene rings is 1. The van der Waals surface area contributed by atoms with Crippen LogP contribution >= 0.6 is 11.3 Å². The lowest BCUT2D eigenvalue weighted by molar-refractivity contribution is -0.138. The van der Waals surface area contributed by atoms with Gasteiger partial charge in [0.25, 0.3) is 0 Å². The second kappa shape index (κ2) is 9.93. The molecule has 0 amide bonds. The van der Waals surface area contributed by atoms with Crippen molar-refractivity contribution in [1.29, 1.82) is 5.26 Å². The molecule has 8 rings (SSSR count). The number of aryl methyl sites for hydroxylation is 2. The molecule has 3 aromatic heterocycles. The van der Waals surface area contributed by atoms with Gasteiger partial charge >= 0.3 is 6.18 Å². The average Bonchev–Trinajstić information content (AvgIpc) is 3.48. The quantitative estimate of drug-likeness (QED) is 0.250. The Balaban J connectivity index is 0.992. The molecule has 220 valence electrons. The smallest absolute Gasteiger partial charge is 0.367 e. The van der Waals surface area contributed by atoms with Crippen molar-refractivity contribution in [2.75, 3.05) is 18.4 Å². The number of hydrogen-bond acceptors (Lipinski definition) is 7. The van der Waals surface area contributed by atoms with E-state index in [9.17, 15) is 18.4 Å². The number of nitrogens with two attached hydrogens (primary N) is 1. The van der Waals surface area contributed by atoms with Gasteiger partial charge < -0.3 is 15.6 Å². The van der Waals surface area contributed by atoms with Gasteiger partial charge in [0.05, 0.1) is 11.8 Å². The van der Waals surface area contributed by atoms with Gasteiger partial charge in [0, 0.05) is 53.5 Å². The van der Waals surface area contributed by atoms with Crippen molar-refractivity contribution in [2.24, 2.45) is 11.1 Å². The Bertz CT molecular complexity index is 1690. The highest BCUT2D eigenvalue weighted by atomic mass is 32.1. The molecule has 0 unspecified atom stereocenters. The van der Waals surface area contributed by atoms with E-state index < -0.39 is 12.6 Å². The molecule has 3 N–H and O–H groups in total. The van der Waals surface area contributed by atoms with Crippen molar-refractivity contribution in [3.8, 4) is 6.07 Å². The summed E-state index contributed by atoms with van der Waals surface area (Å²) in [5.74, 6) is 0.610. The Kier molecular flexibility index (Phi) is 6.53. The molecule has 4 fully saturated rings. The Hall–Kier alpha value is -3.20. The van der Waals surface area contributed by atoms with Crippen molar-refractivity contribution in [3.63, 3.8) is 0 Å². The van der Waals surface area contributed by atoms with E-state index in [1.165, 1.54) is 17.5 Å². The maximum atomic E-state index is 12.9. The molecule has 4 aliphatic rings. The van der Waals surface area contributed by atoms with Gasteiger partial charge in [-0.15, -0.1) is 11.3 Å². The normalized spacial score (nSPS) is 24.5. The van der Waals surface area contributed by atoms with Crippen molar-refractivity contribution in [1.82, 2.24) is 19.4 Å². The number of anilines is 1. The van der Waals surface area contributed by atoms with Crippen molar-refractivity contribution >= 4 is 38.3 Å². The van der Waals surface area contributed by atoms with Crippen LogP contribution in [0.3, 0.4) is 0 Å². The number of halogens is 3. The summed E-state index contributed by atoms with van der Waals surface area (Å²) < 4.78 is 40.9. The lowest BCUT2D eigenvalue weighted by atomic mass is 9.39. The first-order valence-corrected chi connectivity index (χ1v) is 15.4. The van der Waals surface area contributed by atoms with Crippen LogP contribution in [-0.4, -0.2) is 50.3 Å². The number of piperidine rings is 1. The summed E-state index contributed by atoms with van der Waals surface area (Å²) in [4.78, 5) is 11.8. The Labute approximate surface area is 246 Å². The highest BCUT2D eigenvalue weighted by Gasteiger charge is 2.64. The molecule has 1 aliphatic heterocycles. The first-order chi connectivity index (χ1) is 20.0. The topological polar surface area (TPSA) is 95.8 Å². The van der Waals surface area contributed by atoms with Gasteiger partial charge in [-0.1, -0.05) is 6.07 Å². The fourth-order valence-electron chi connectivity index (χ4n) is 7.70. The number of nitrogens with zero attached hydrogens (tertiary/aromatic N) is 5. The molecular formula is C31H34F3N7S. The summed E-state index contributed by atoms with van der Waals surface area (Å²) in [7, 11) is 0. The Morgan fingerprint density at radius 2 is 1.90 bits per heavy atom. The molecule has 42 heavy (non-hydrogen) atoms. The lowest BCUT2D eigenvalue weighted by Crippen LogP contribution is -2.72. The average molecular weight is 594 g/mol. The van der Waals surface area contributed by atoms with E-state index in [0.717, 1.165) is 92.6 Å². The summed E-state index contributed by atoms with van der Waals surface area (Å²) in [6.07, 6.45) is 2.49. The molecule has 3 saturated carbocycles. The van der Waals surface area contributed by atoms with E-state index in [0.29, 0.717) is 21.4 Å². The molecule has 0 spiro atoms. The molecule has 1 aromatic carbocycles. The van der Waals surface area contributed by atoms with Crippen LogP contribution in [0.15, 0.2) is 30.6 Å². The zero-order chi connectivity index (χ0) is 29.3. The third-order valence-electron chi connectivity index (χ3n) is 9.71. The largest absolute Gasteiger partial charge is 0.393 e. The van der Waals surface area contributed by atoms with E-state index >= 15 is 0 Å².